The number of nitrogens with zero attached hydrogens (tertiary/aromatic N) is 2. The van der Waals surface area contributed by atoms with Crippen molar-refractivity contribution in [3.63, 3.8) is 0 Å². The Bertz CT molecular complexity index is 764. The lowest BCUT2D eigenvalue weighted by Crippen LogP contribution is -2.22. The van der Waals surface area contributed by atoms with Crippen molar-refractivity contribution in [1.82, 2.24) is 10.9 Å². The highest BCUT2D eigenvalue weighted by atomic mass is 16.3. The molecule has 2 aromatic carbocycles. The number of aromatic hydroxyl groups is 2. The number of nitrogens with one attached hydrogen (secondary N) is 2. The van der Waals surface area contributed by atoms with Crippen molar-refractivity contribution in [2.45, 2.75) is 12.8 Å². The Labute approximate surface area is 149 Å². The van der Waals surface area contributed by atoms with Gasteiger partial charge < -0.3 is 10.2 Å². The molecule has 0 unspecified atom stereocenters. The molecular weight excluding hydrogens is 336 g/mol. The van der Waals surface area contributed by atoms with Crippen LogP contribution < -0.4 is 10.9 Å². The molecule has 4 N–H and O–H groups in total. The van der Waals surface area contributed by atoms with Crippen LogP contribution in [-0.2, 0) is 9.59 Å². The van der Waals surface area contributed by atoms with Crippen molar-refractivity contribution in [1.29, 1.82) is 0 Å². The van der Waals surface area contributed by atoms with Gasteiger partial charge in [-0.05, 0) is 24.3 Å². The maximum Gasteiger partial charge on any atom is 0.240 e. The molecule has 0 aliphatic heterocycles. The second-order valence-electron chi connectivity index (χ2n) is 5.20. The van der Waals surface area contributed by atoms with Gasteiger partial charge in [0.15, 0.2) is 0 Å². The number of hydrogen-bond donors (Lipinski definition) is 4. The van der Waals surface area contributed by atoms with Gasteiger partial charge in [0.05, 0.1) is 12.4 Å². The summed E-state index contributed by atoms with van der Waals surface area (Å²) in [5.41, 5.74) is 5.47. The van der Waals surface area contributed by atoms with Crippen LogP contribution in [0.4, 0.5) is 0 Å². The smallest absolute Gasteiger partial charge is 0.240 e. The van der Waals surface area contributed by atoms with E-state index in [1.54, 1.807) is 36.4 Å². The number of carbonyl (C=O) groups excluding carboxylic acids is 2. The molecule has 0 fully saturated rings. The molecule has 8 nitrogen and oxygen atoms in total. The molecule has 2 aromatic rings. The van der Waals surface area contributed by atoms with E-state index in [0.717, 1.165) is 0 Å². The van der Waals surface area contributed by atoms with E-state index in [2.05, 4.69) is 21.1 Å². The first-order valence-electron chi connectivity index (χ1n) is 7.76. The zero-order valence-electron chi connectivity index (χ0n) is 13.8. The number of benzene rings is 2. The lowest BCUT2D eigenvalue weighted by molar-refractivity contribution is -0.126. The fourth-order valence-electron chi connectivity index (χ4n) is 1.88. The number of carbonyl (C=O) groups is 2. The zero-order chi connectivity index (χ0) is 18.8. The van der Waals surface area contributed by atoms with Crippen LogP contribution in [0.25, 0.3) is 0 Å². The van der Waals surface area contributed by atoms with Gasteiger partial charge >= 0.3 is 0 Å². The van der Waals surface area contributed by atoms with E-state index in [-0.39, 0.29) is 24.3 Å². The Balaban J connectivity index is 1.71. The maximum atomic E-state index is 11.6. The third kappa shape index (κ3) is 6.08. The molecule has 0 radical (unpaired) electrons. The minimum Gasteiger partial charge on any atom is -0.507 e. The van der Waals surface area contributed by atoms with E-state index in [4.69, 9.17) is 0 Å². The van der Waals surface area contributed by atoms with E-state index < -0.39 is 11.8 Å². The van der Waals surface area contributed by atoms with E-state index in [1.165, 1.54) is 24.6 Å². The molecule has 0 atom stereocenters. The molecular formula is C18H18N4O4. The van der Waals surface area contributed by atoms with Crippen LogP contribution in [0.3, 0.4) is 0 Å². The van der Waals surface area contributed by atoms with Gasteiger partial charge in [0, 0.05) is 24.0 Å². The Kier molecular flexibility index (Phi) is 6.87. The average molecular weight is 354 g/mol. The van der Waals surface area contributed by atoms with Gasteiger partial charge in [-0.1, -0.05) is 24.3 Å². The van der Waals surface area contributed by atoms with Gasteiger partial charge in [-0.15, -0.1) is 0 Å². The molecule has 0 saturated heterocycles. The van der Waals surface area contributed by atoms with Crippen molar-refractivity contribution in [2.75, 3.05) is 0 Å². The van der Waals surface area contributed by atoms with Gasteiger partial charge in [0.25, 0.3) is 0 Å². The highest BCUT2D eigenvalue weighted by Gasteiger charge is 2.05. The molecule has 0 aliphatic carbocycles. The highest BCUT2D eigenvalue weighted by molar-refractivity contribution is 5.87. The molecule has 0 bridgehead atoms. The van der Waals surface area contributed by atoms with Crippen molar-refractivity contribution < 1.29 is 19.8 Å². The van der Waals surface area contributed by atoms with Crippen LogP contribution in [0.15, 0.2) is 58.7 Å². The number of para-hydroxylation sites is 2. The molecule has 8 heteroatoms. The fraction of sp³-hybridized carbons (Fsp3) is 0.111. The number of rotatable bonds is 7. The summed E-state index contributed by atoms with van der Waals surface area (Å²) in [4.78, 5) is 23.2. The summed E-state index contributed by atoms with van der Waals surface area (Å²) in [5, 5.41) is 26.5. The largest absolute Gasteiger partial charge is 0.507 e. The second kappa shape index (κ2) is 9.58. The van der Waals surface area contributed by atoms with Crippen LogP contribution >= 0.6 is 0 Å². The third-order valence-corrected chi connectivity index (χ3v) is 3.24. The summed E-state index contributed by atoms with van der Waals surface area (Å²) >= 11 is 0. The molecule has 0 spiro atoms. The number of amides is 2. The number of phenolic OH excluding ortho intramolecular Hbond substituents is 2. The van der Waals surface area contributed by atoms with Gasteiger partial charge in [0.1, 0.15) is 11.5 Å². The first-order valence-corrected chi connectivity index (χ1v) is 7.76. The van der Waals surface area contributed by atoms with E-state index in [0.29, 0.717) is 11.1 Å². The lowest BCUT2D eigenvalue weighted by Gasteiger charge is -2.01. The summed E-state index contributed by atoms with van der Waals surface area (Å²) in [6.45, 7) is 0. The van der Waals surface area contributed by atoms with E-state index in [1.807, 2.05) is 0 Å². The topological polar surface area (TPSA) is 123 Å². The Morgan fingerprint density at radius 1 is 0.769 bits per heavy atom. The van der Waals surface area contributed by atoms with Crippen LogP contribution in [-0.4, -0.2) is 34.5 Å². The molecule has 0 saturated carbocycles. The molecule has 2 rings (SSSR count). The zero-order valence-corrected chi connectivity index (χ0v) is 13.8. The monoisotopic (exact) mass is 354 g/mol. The summed E-state index contributed by atoms with van der Waals surface area (Å²) in [6.07, 6.45) is 2.47. The van der Waals surface area contributed by atoms with Gasteiger partial charge in [-0.3, -0.25) is 9.59 Å². The summed E-state index contributed by atoms with van der Waals surface area (Å²) in [6, 6.07) is 13.1. The minimum absolute atomic E-state index is 0.0483. The van der Waals surface area contributed by atoms with Gasteiger partial charge in [-0.25, -0.2) is 10.9 Å². The minimum atomic E-state index is -0.448. The molecule has 0 heterocycles. The van der Waals surface area contributed by atoms with Crippen LogP contribution in [0.5, 0.6) is 11.5 Å². The Hall–Kier alpha value is -3.68. The van der Waals surface area contributed by atoms with Crippen LogP contribution in [0.1, 0.15) is 24.0 Å². The average Bonchev–Trinajstić information content (AvgIpc) is 2.63. The second-order valence-corrected chi connectivity index (χ2v) is 5.20. The Morgan fingerprint density at radius 2 is 1.15 bits per heavy atom. The molecule has 0 aliphatic rings. The van der Waals surface area contributed by atoms with E-state index in [9.17, 15) is 19.8 Å². The quantitative estimate of drug-likeness (QED) is 0.444. The summed E-state index contributed by atoms with van der Waals surface area (Å²) in [7, 11) is 0. The first kappa shape index (κ1) is 18.7. The van der Waals surface area contributed by atoms with Gasteiger partial charge in [-0.2, -0.15) is 10.2 Å². The van der Waals surface area contributed by atoms with E-state index >= 15 is 0 Å². The molecule has 0 aromatic heterocycles. The predicted molar refractivity (Wildman–Crippen MR) is 96.9 cm³/mol. The predicted octanol–water partition coefficient (Wildman–Crippen LogP) is 1.48. The van der Waals surface area contributed by atoms with Crippen molar-refractivity contribution >= 4 is 24.2 Å². The number of hydrogen-bond acceptors (Lipinski definition) is 6. The lowest BCUT2D eigenvalue weighted by atomic mass is 10.2. The van der Waals surface area contributed by atoms with Crippen molar-refractivity contribution in [2.24, 2.45) is 10.2 Å². The number of phenols is 2. The van der Waals surface area contributed by atoms with Gasteiger partial charge in [0.2, 0.25) is 11.8 Å². The summed E-state index contributed by atoms with van der Waals surface area (Å²) < 4.78 is 0. The van der Waals surface area contributed by atoms with Crippen molar-refractivity contribution in [3.8, 4) is 11.5 Å². The standard InChI is InChI=1S/C18H18N4O4/c23-15-7-3-1-5-13(15)11-19-21-17(25)9-10-18(26)22-20-12-14-6-2-4-8-16(14)24/h1-8,11-12,23-24H,9-10H2,(H,21,25)(H,22,26)/b19-11-,20-12-. The normalized spacial score (nSPS) is 10.9. The van der Waals surface area contributed by atoms with Crippen LogP contribution in [0, 0.1) is 0 Å². The maximum absolute atomic E-state index is 11.6. The molecule has 134 valence electrons. The Morgan fingerprint density at radius 3 is 1.54 bits per heavy atom. The first-order chi connectivity index (χ1) is 12.6. The van der Waals surface area contributed by atoms with Crippen molar-refractivity contribution in [3.05, 3.63) is 59.7 Å². The SMILES string of the molecule is O=C(CCC(=O)N/N=C\c1ccccc1O)N/N=C\c1ccccc1O. The van der Waals surface area contributed by atoms with Crippen LogP contribution in [0.2, 0.25) is 0 Å². The molecule has 2 amide bonds. The summed E-state index contributed by atoms with van der Waals surface area (Å²) in [5.74, 6) is -0.799. The highest BCUT2D eigenvalue weighted by Crippen LogP contribution is 2.13. The third-order valence-electron chi connectivity index (χ3n) is 3.24. The fourth-order valence-corrected chi connectivity index (χ4v) is 1.88. The number of hydrazone groups is 2. The molecule has 26 heavy (non-hydrogen) atoms.